The summed E-state index contributed by atoms with van der Waals surface area (Å²) in [5, 5.41) is 11.2. The summed E-state index contributed by atoms with van der Waals surface area (Å²) < 4.78 is 12.0. The number of nitrogens with two attached hydrogens (primary N) is 1. The van der Waals surface area contributed by atoms with E-state index in [-0.39, 0.29) is 12.7 Å². The molecule has 8 nitrogen and oxygen atoms in total. The van der Waals surface area contributed by atoms with Gasteiger partial charge in [0.2, 0.25) is 17.9 Å². The second-order valence-corrected chi connectivity index (χ2v) is 7.67. The van der Waals surface area contributed by atoms with Gasteiger partial charge in [-0.1, -0.05) is 41.6 Å². The standard InChI is InChI=1S/C19H19N5O3S/c1-11-3-5-13(6-4-11)17-22-23-19(24(17)20)28-12(2)18(25)21-14-7-8-15-16(9-14)27-10-26-15/h3-9,12H,10,20H2,1-2H3,(H,21,25)/t12-/m0/s1. The Bertz CT molecular complexity index is 1020. The van der Waals surface area contributed by atoms with Crippen molar-refractivity contribution in [3.05, 3.63) is 48.0 Å². The predicted octanol–water partition coefficient (Wildman–Crippen LogP) is 2.82. The van der Waals surface area contributed by atoms with Crippen molar-refractivity contribution in [3.8, 4) is 22.9 Å². The lowest BCUT2D eigenvalue weighted by Gasteiger charge is -2.12. The number of nitrogens with zero attached hydrogens (tertiary/aromatic N) is 3. The van der Waals surface area contributed by atoms with Crippen molar-refractivity contribution in [2.75, 3.05) is 18.0 Å². The Morgan fingerprint density at radius 1 is 1.18 bits per heavy atom. The van der Waals surface area contributed by atoms with Gasteiger partial charge in [0.15, 0.2) is 17.3 Å². The number of carbonyl (C=O) groups excluding carboxylic acids is 1. The lowest BCUT2D eigenvalue weighted by atomic mass is 10.1. The normalized spacial score (nSPS) is 13.4. The molecule has 1 atom stereocenters. The summed E-state index contributed by atoms with van der Waals surface area (Å²) >= 11 is 1.24. The molecular weight excluding hydrogens is 378 g/mol. The van der Waals surface area contributed by atoms with Crippen molar-refractivity contribution in [1.29, 1.82) is 0 Å². The largest absolute Gasteiger partial charge is 0.454 e. The van der Waals surface area contributed by atoms with Gasteiger partial charge >= 0.3 is 0 Å². The van der Waals surface area contributed by atoms with Crippen LogP contribution in [0.3, 0.4) is 0 Å². The summed E-state index contributed by atoms with van der Waals surface area (Å²) in [6, 6.07) is 13.1. The topological polar surface area (TPSA) is 104 Å². The van der Waals surface area contributed by atoms with E-state index in [4.69, 9.17) is 15.3 Å². The lowest BCUT2D eigenvalue weighted by Crippen LogP contribution is -2.23. The minimum absolute atomic E-state index is 0.177. The first kappa shape index (κ1) is 18.2. The van der Waals surface area contributed by atoms with E-state index in [2.05, 4.69) is 15.5 Å². The molecule has 1 aliphatic heterocycles. The molecule has 1 aliphatic rings. The Hall–Kier alpha value is -3.20. The molecule has 1 aromatic heterocycles. The minimum atomic E-state index is -0.428. The van der Waals surface area contributed by atoms with Gasteiger partial charge in [-0.25, -0.2) is 4.68 Å². The van der Waals surface area contributed by atoms with Crippen molar-refractivity contribution in [2.45, 2.75) is 24.3 Å². The first-order chi connectivity index (χ1) is 13.5. The molecule has 2 heterocycles. The fourth-order valence-electron chi connectivity index (χ4n) is 2.69. The summed E-state index contributed by atoms with van der Waals surface area (Å²) in [4.78, 5) is 12.5. The Kier molecular flexibility index (Phi) is 4.82. The van der Waals surface area contributed by atoms with Crippen LogP contribution in [0.5, 0.6) is 11.5 Å². The van der Waals surface area contributed by atoms with Crippen LogP contribution >= 0.6 is 11.8 Å². The number of nitrogens with one attached hydrogen (secondary N) is 1. The molecule has 0 bridgehead atoms. The molecule has 1 amide bonds. The molecule has 28 heavy (non-hydrogen) atoms. The maximum atomic E-state index is 12.5. The molecule has 0 saturated carbocycles. The highest BCUT2D eigenvalue weighted by Crippen LogP contribution is 2.34. The Morgan fingerprint density at radius 3 is 2.71 bits per heavy atom. The highest BCUT2D eigenvalue weighted by atomic mass is 32.2. The molecule has 2 aromatic carbocycles. The molecule has 0 radical (unpaired) electrons. The fourth-order valence-corrected chi connectivity index (χ4v) is 3.46. The van der Waals surface area contributed by atoms with E-state index >= 15 is 0 Å². The average Bonchev–Trinajstić information content (AvgIpc) is 3.29. The van der Waals surface area contributed by atoms with Gasteiger partial charge in [0.05, 0.1) is 5.25 Å². The molecule has 9 heteroatoms. The zero-order chi connectivity index (χ0) is 19.7. The minimum Gasteiger partial charge on any atom is -0.454 e. The molecular formula is C19H19N5O3S. The number of amides is 1. The van der Waals surface area contributed by atoms with E-state index in [9.17, 15) is 4.79 Å². The number of thioether (sulfide) groups is 1. The molecule has 3 N–H and O–H groups in total. The van der Waals surface area contributed by atoms with Gasteiger partial charge in [-0.2, -0.15) is 0 Å². The smallest absolute Gasteiger partial charge is 0.237 e. The second kappa shape index (κ2) is 7.43. The number of nitrogen functional groups attached to an aromatic ring is 1. The van der Waals surface area contributed by atoms with Crippen LogP contribution in [0.4, 0.5) is 5.69 Å². The third-order valence-electron chi connectivity index (χ3n) is 4.27. The maximum absolute atomic E-state index is 12.5. The molecule has 0 unspecified atom stereocenters. The number of carbonyl (C=O) groups is 1. The van der Waals surface area contributed by atoms with Crippen LogP contribution in [0.1, 0.15) is 12.5 Å². The Labute approximate surface area is 166 Å². The molecule has 0 aliphatic carbocycles. The van der Waals surface area contributed by atoms with Crippen molar-refractivity contribution in [1.82, 2.24) is 14.9 Å². The number of anilines is 1. The second-order valence-electron chi connectivity index (χ2n) is 6.36. The van der Waals surface area contributed by atoms with Crippen LogP contribution in [0, 0.1) is 6.92 Å². The molecule has 144 valence electrons. The van der Waals surface area contributed by atoms with Gasteiger partial charge in [-0.05, 0) is 26.0 Å². The van der Waals surface area contributed by atoms with Gasteiger partial charge in [0.1, 0.15) is 0 Å². The van der Waals surface area contributed by atoms with Crippen LogP contribution in [0.25, 0.3) is 11.4 Å². The zero-order valence-electron chi connectivity index (χ0n) is 15.4. The summed E-state index contributed by atoms with van der Waals surface area (Å²) in [6.45, 7) is 3.99. The lowest BCUT2D eigenvalue weighted by molar-refractivity contribution is -0.115. The highest BCUT2D eigenvalue weighted by Gasteiger charge is 2.21. The van der Waals surface area contributed by atoms with Crippen LogP contribution < -0.4 is 20.6 Å². The highest BCUT2D eigenvalue weighted by molar-refractivity contribution is 8.00. The summed E-state index contributed by atoms with van der Waals surface area (Å²) in [5.41, 5.74) is 2.65. The van der Waals surface area contributed by atoms with Gasteiger partial charge in [0.25, 0.3) is 0 Å². The van der Waals surface area contributed by atoms with Gasteiger partial charge in [0, 0.05) is 17.3 Å². The third-order valence-corrected chi connectivity index (χ3v) is 5.32. The number of aryl methyl sites for hydroxylation is 1. The van der Waals surface area contributed by atoms with Crippen LogP contribution in [0.15, 0.2) is 47.6 Å². The number of rotatable bonds is 5. The summed E-state index contributed by atoms with van der Waals surface area (Å²) in [6.07, 6.45) is 0. The van der Waals surface area contributed by atoms with Gasteiger partial charge < -0.3 is 20.6 Å². The van der Waals surface area contributed by atoms with Gasteiger partial charge in [-0.15, -0.1) is 10.2 Å². The fraction of sp³-hybridized carbons (Fsp3) is 0.211. The Morgan fingerprint density at radius 2 is 1.93 bits per heavy atom. The zero-order valence-corrected chi connectivity index (χ0v) is 16.2. The quantitative estimate of drug-likeness (QED) is 0.504. The van der Waals surface area contributed by atoms with E-state index < -0.39 is 5.25 Å². The number of aromatic nitrogens is 3. The first-order valence-electron chi connectivity index (χ1n) is 8.66. The monoisotopic (exact) mass is 397 g/mol. The average molecular weight is 397 g/mol. The number of benzene rings is 2. The van der Waals surface area contributed by atoms with Crippen molar-refractivity contribution in [2.24, 2.45) is 0 Å². The number of hydrogen-bond donors (Lipinski definition) is 2. The van der Waals surface area contributed by atoms with E-state index in [1.165, 1.54) is 16.4 Å². The number of hydrogen-bond acceptors (Lipinski definition) is 7. The SMILES string of the molecule is Cc1ccc(-c2nnc(S[C@@H](C)C(=O)Nc3ccc4c(c3)OCO4)n2N)cc1. The first-order valence-corrected chi connectivity index (χ1v) is 9.54. The van der Waals surface area contributed by atoms with E-state index in [1.807, 2.05) is 31.2 Å². The number of ether oxygens (including phenoxy) is 2. The van der Waals surface area contributed by atoms with Crippen molar-refractivity contribution < 1.29 is 14.3 Å². The van der Waals surface area contributed by atoms with E-state index in [0.29, 0.717) is 28.2 Å². The predicted molar refractivity (Wildman–Crippen MR) is 107 cm³/mol. The summed E-state index contributed by atoms with van der Waals surface area (Å²) in [7, 11) is 0. The van der Waals surface area contributed by atoms with Crippen LogP contribution in [-0.2, 0) is 4.79 Å². The van der Waals surface area contributed by atoms with Crippen molar-refractivity contribution in [3.63, 3.8) is 0 Å². The molecule has 4 rings (SSSR count). The maximum Gasteiger partial charge on any atom is 0.237 e. The van der Waals surface area contributed by atoms with E-state index in [0.717, 1.165) is 11.1 Å². The molecule has 0 saturated heterocycles. The van der Waals surface area contributed by atoms with Crippen LogP contribution in [0.2, 0.25) is 0 Å². The number of fused-ring (bicyclic) bond motifs is 1. The molecule has 3 aromatic rings. The van der Waals surface area contributed by atoms with Crippen molar-refractivity contribution >= 4 is 23.4 Å². The van der Waals surface area contributed by atoms with E-state index in [1.54, 1.807) is 25.1 Å². The third kappa shape index (κ3) is 3.61. The summed E-state index contributed by atoms with van der Waals surface area (Å²) in [5.74, 6) is 7.80. The molecule has 0 spiro atoms. The molecule has 0 fully saturated rings. The van der Waals surface area contributed by atoms with Crippen LogP contribution in [-0.4, -0.2) is 32.8 Å². The Balaban J connectivity index is 1.44. The van der Waals surface area contributed by atoms with Gasteiger partial charge in [-0.3, -0.25) is 4.79 Å².